The molecule has 0 spiro atoms. The topological polar surface area (TPSA) is 66.8 Å². The highest BCUT2D eigenvalue weighted by Crippen LogP contribution is 2.18. The van der Waals surface area contributed by atoms with E-state index >= 15 is 0 Å². The van der Waals surface area contributed by atoms with E-state index in [2.05, 4.69) is 0 Å². The molecule has 1 aromatic carbocycles. The molecule has 1 aromatic rings. The first-order chi connectivity index (χ1) is 8.95. The predicted molar refractivity (Wildman–Crippen MR) is 71.1 cm³/mol. The molecule has 0 saturated heterocycles. The molecule has 1 amide bonds. The summed E-state index contributed by atoms with van der Waals surface area (Å²) >= 11 is 0. The Morgan fingerprint density at radius 1 is 1.37 bits per heavy atom. The Bertz CT molecular complexity index is 459. The number of benzene rings is 1. The van der Waals surface area contributed by atoms with Crippen molar-refractivity contribution < 1.29 is 19.4 Å². The lowest BCUT2D eigenvalue weighted by atomic mass is 10.1. The summed E-state index contributed by atoms with van der Waals surface area (Å²) in [6.07, 6.45) is 0.201. The Morgan fingerprint density at radius 3 is 2.58 bits per heavy atom. The van der Waals surface area contributed by atoms with Gasteiger partial charge in [0.15, 0.2) is 0 Å². The first kappa shape index (κ1) is 15.0. The van der Waals surface area contributed by atoms with E-state index in [-0.39, 0.29) is 18.9 Å². The van der Waals surface area contributed by atoms with Crippen molar-refractivity contribution in [3.63, 3.8) is 0 Å². The molecule has 0 aromatic heterocycles. The molecular formula is C14H19NO4. The lowest BCUT2D eigenvalue weighted by Gasteiger charge is -2.20. The molecule has 0 aliphatic rings. The molecule has 0 heterocycles. The normalized spacial score (nSPS) is 11.7. The fourth-order valence-corrected chi connectivity index (χ4v) is 1.74. The number of rotatable bonds is 6. The number of aliphatic carboxylic acids is 1. The number of nitrogens with zero attached hydrogens (tertiary/aromatic N) is 1. The Labute approximate surface area is 112 Å². The maximum Gasteiger partial charge on any atom is 0.308 e. The molecule has 5 heteroatoms. The number of hydrogen-bond acceptors (Lipinski definition) is 3. The van der Waals surface area contributed by atoms with Gasteiger partial charge < -0.3 is 14.7 Å². The van der Waals surface area contributed by atoms with Crippen LogP contribution in [0.2, 0.25) is 0 Å². The first-order valence-corrected chi connectivity index (χ1v) is 6.04. The molecule has 1 N–H and O–H groups in total. The van der Waals surface area contributed by atoms with Crippen LogP contribution in [0.5, 0.6) is 5.75 Å². The minimum absolute atomic E-state index is 0.127. The van der Waals surface area contributed by atoms with Gasteiger partial charge in [-0.25, -0.2) is 0 Å². The maximum atomic E-state index is 12.0. The summed E-state index contributed by atoms with van der Waals surface area (Å²) in [6, 6.07) is 7.29. The fraction of sp³-hybridized carbons (Fsp3) is 0.429. The number of ether oxygens (including phenoxy) is 1. The summed E-state index contributed by atoms with van der Waals surface area (Å²) in [5.74, 6) is -0.948. The number of para-hydroxylation sites is 1. The first-order valence-electron chi connectivity index (χ1n) is 6.04. The predicted octanol–water partition coefficient (Wildman–Crippen LogP) is 1.42. The smallest absolute Gasteiger partial charge is 0.308 e. The fourth-order valence-electron chi connectivity index (χ4n) is 1.74. The summed E-state index contributed by atoms with van der Waals surface area (Å²) in [5, 5.41) is 8.83. The van der Waals surface area contributed by atoms with Crippen molar-refractivity contribution in [2.45, 2.75) is 13.3 Å². The molecular weight excluding hydrogens is 246 g/mol. The molecule has 0 aliphatic carbocycles. The van der Waals surface area contributed by atoms with E-state index < -0.39 is 11.9 Å². The van der Waals surface area contributed by atoms with Gasteiger partial charge >= 0.3 is 5.97 Å². The zero-order chi connectivity index (χ0) is 14.4. The van der Waals surface area contributed by atoms with Crippen molar-refractivity contribution in [1.82, 2.24) is 4.90 Å². The number of amides is 1. The van der Waals surface area contributed by atoms with Crippen molar-refractivity contribution in [1.29, 1.82) is 0 Å². The number of carbonyl (C=O) groups is 2. The van der Waals surface area contributed by atoms with Crippen molar-refractivity contribution in [2.24, 2.45) is 5.92 Å². The molecule has 0 radical (unpaired) electrons. The van der Waals surface area contributed by atoms with Gasteiger partial charge in [-0.15, -0.1) is 0 Å². The second kappa shape index (κ2) is 6.78. The van der Waals surface area contributed by atoms with Gasteiger partial charge in [-0.2, -0.15) is 0 Å². The van der Waals surface area contributed by atoms with Gasteiger partial charge in [0.25, 0.3) is 0 Å². The van der Waals surface area contributed by atoms with E-state index in [1.54, 1.807) is 27.1 Å². The molecule has 0 bridgehead atoms. The van der Waals surface area contributed by atoms with Crippen LogP contribution < -0.4 is 4.74 Å². The molecule has 1 rings (SSSR count). The molecule has 1 unspecified atom stereocenters. The van der Waals surface area contributed by atoms with E-state index in [1.165, 1.54) is 4.90 Å². The van der Waals surface area contributed by atoms with Crippen LogP contribution in [0.4, 0.5) is 0 Å². The molecule has 0 saturated carbocycles. The highest BCUT2D eigenvalue weighted by molar-refractivity contribution is 5.80. The number of carbonyl (C=O) groups excluding carboxylic acids is 1. The molecule has 0 aliphatic heterocycles. The van der Waals surface area contributed by atoms with Crippen LogP contribution in [0.3, 0.4) is 0 Å². The molecule has 0 fully saturated rings. The van der Waals surface area contributed by atoms with Crippen LogP contribution in [0.25, 0.3) is 0 Å². The van der Waals surface area contributed by atoms with Crippen molar-refractivity contribution in [3.05, 3.63) is 29.8 Å². The average Bonchev–Trinajstić information content (AvgIpc) is 2.38. The zero-order valence-electron chi connectivity index (χ0n) is 11.4. The summed E-state index contributed by atoms with van der Waals surface area (Å²) in [5.41, 5.74) is 0.796. The zero-order valence-corrected chi connectivity index (χ0v) is 11.4. The number of hydrogen-bond donors (Lipinski definition) is 1. The van der Waals surface area contributed by atoms with Gasteiger partial charge in [0, 0.05) is 19.2 Å². The SMILES string of the molecule is COc1ccccc1CC(=O)N(C)CC(C)C(=O)O. The van der Waals surface area contributed by atoms with E-state index in [4.69, 9.17) is 9.84 Å². The van der Waals surface area contributed by atoms with Gasteiger partial charge in [-0.1, -0.05) is 25.1 Å². The van der Waals surface area contributed by atoms with E-state index in [9.17, 15) is 9.59 Å². The average molecular weight is 265 g/mol. The highest BCUT2D eigenvalue weighted by atomic mass is 16.5. The molecule has 5 nitrogen and oxygen atoms in total. The quantitative estimate of drug-likeness (QED) is 0.844. The van der Waals surface area contributed by atoms with E-state index in [0.717, 1.165) is 5.56 Å². The van der Waals surface area contributed by atoms with Crippen LogP contribution in [0.1, 0.15) is 12.5 Å². The largest absolute Gasteiger partial charge is 0.496 e. The van der Waals surface area contributed by atoms with Crippen molar-refractivity contribution >= 4 is 11.9 Å². The van der Waals surface area contributed by atoms with Gasteiger partial charge in [0.2, 0.25) is 5.91 Å². The number of likely N-dealkylation sites (N-methyl/N-ethyl adjacent to an activating group) is 1. The number of carboxylic acid groups (broad SMARTS) is 1. The van der Waals surface area contributed by atoms with Crippen LogP contribution in [0.15, 0.2) is 24.3 Å². The summed E-state index contributed by atoms with van der Waals surface area (Å²) in [6.45, 7) is 1.78. The summed E-state index contributed by atoms with van der Waals surface area (Å²) in [7, 11) is 3.16. The van der Waals surface area contributed by atoms with E-state index in [0.29, 0.717) is 5.75 Å². The monoisotopic (exact) mass is 265 g/mol. The second-order valence-electron chi connectivity index (χ2n) is 4.50. The van der Waals surface area contributed by atoms with Crippen LogP contribution >= 0.6 is 0 Å². The van der Waals surface area contributed by atoms with Crippen LogP contribution in [-0.2, 0) is 16.0 Å². The Hall–Kier alpha value is -2.04. The molecule has 1 atom stereocenters. The molecule has 19 heavy (non-hydrogen) atoms. The summed E-state index contributed by atoms with van der Waals surface area (Å²) in [4.78, 5) is 24.2. The second-order valence-corrected chi connectivity index (χ2v) is 4.50. The van der Waals surface area contributed by atoms with Gasteiger partial charge in [-0.05, 0) is 6.07 Å². The lowest BCUT2D eigenvalue weighted by Crippen LogP contribution is -2.34. The van der Waals surface area contributed by atoms with E-state index in [1.807, 2.05) is 18.2 Å². The summed E-state index contributed by atoms with van der Waals surface area (Å²) < 4.78 is 5.18. The maximum absolute atomic E-state index is 12.0. The number of carboxylic acids is 1. The Morgan fingerprint density at radius 2 is 2.00 bits per heavy atom. The van der Waals surface area contributed by atoms with Gasteiger partial charge in [0.1, 0.15) is 5.75 Å². The van der Waals surface area contributed by atoms with Crippen molar-refractivity contribution in [2.75, 3.05) is 20.7 Å². The lowest BCUT2D eigenvalue weighted by molar-refractivity contribution is -0.142. The third-order valence-corrected chi connectivity index (χ3v) is 2.93. The van der Waals surface area contributed by atoms with Gasteiger partial charge in [-0.3, -0.25) is 9.59 Å². The molecule has 104 valence electrons. The van der Waals surface area contributed by atoms with Crippen LogP contribution in [-0.4, -0.2) is 42.6 Å². The van der Waals surface area contributed by atoms with Crippen LogP contribution in [0, 0.1) is 5.92 Å². The number of methoxy groups -OCH3 is 1. The third kappa shape index (κ3) is 4.28. The minimum Gasteiger partial charge on any atom is -0.496 e. The van der Waals surface area contributed by atoms with Gasteiger partial charge in [0.05, 0.1) is 19.4 Å². The Kier molecular flexibility index (Phi) is 5.36. The van der Waals surface area contributed by atoms with Crippen molar-refractivity contribution in [3.8, 4) is 5.75 Å². The standard InChI is InChI=1S/C14H19NO4/c1-10(14(17)18)9-15(2)13(16)8-11-6-4-5-7-12(11)19-3/h4-7,10H,8-9H2,1-3H3,(H,17,18). The third-order valence-electron chi connectivity index (χ3n) is 2.93. The minimum atomic E-state index is -0.906. The highest BCUT2D eigenvalue weighted by Gasteiger charge is 2.18. The Balaban J connectivity index is 2.66.